The molecule has 0 heterocycles. The van der Waals surface area contributed by atoms with Crippen molar-refractivity contribution in [2.24, 2.45) is 0 Å². The number of halogens is 2. The van der Waals surface area contributed by atoms with E-state index in [4.69, 9.17) is 18.9 Å². The predicted molar refractivity (Wildman–Crippen MR) is 426 cm³/mol. The number of esters is 4. The highest BCUT2D eigenvalue weighted by Crippen LogP contribution is 2.17. The number of rotatable bonds is 74. The maximum absolute atomic E-state index is 13.3. The number of hydrogen-bond donors (Lipinski definition) is 1. The molecule has 0 aromatic heterocycles. The van der Waals surface area contributed by atoms with E-state index in [1.54, 1.807) is 9.80 Å². The normalized spacial score (nSPS) is 11.4. The number of quaternary nitrogens is 2. The quantitative estimate of drug-likeness (QED) is 0.0202. The first-order valence-corrected chi connectivity index (χ1v) is 42.2. The Morgan fingerprint density at radius 1 is 0.291 bits per heavy atom. The third-order valence-corrected chi connectivity index (χ3v) is 19.1. The highest BCUT2D eigenvalue weighted by molar-refractivity contribution is 5.78. The lowest BCUT2D eigenvalue weighted by Crippen LogP contribution is -3.00. The SMILES string of the molecule is C.CCCCCCCC/C=C\CCCCCCCC(=O)OCCN(CCOC(=O)CCCCCCC/C=C\CCCCCCCC)C(=O)C[N+](C)(C)CCC.CCCCCCCCCCCCCC(=O)OCCN(CCOC(=O)CCCCCCCCCCCCC)C(=O)C[N+](C)(C)CCO.[Br-].[Br-]. The van der Waals surface area contributed by atoms with Crippen molar-refractivity contribution in [3.05, 3.63) is 24.3 Å². The molecule has 0 atom stereocenters. The van der Waals surface area contributed by atoms with Gasteiger partial charge < -0.3 is 76.8 Å². The first kappa shape index (κ1) is 109. The lowest BCUT2D eigenvalue weighted by molar-refractivity contribution is -0.883. The molecular weight excluding hydrogens is 1420 g/mol. The van der Waals surface area contributed by atoms with E-state index in [0.29, 0.717) is 60.8 Å². The Hall–Kier alpha value is -2.86. The maximum atomic E-state index is 13.3. The minimum absolute atomic E-state index is 0. The summed E-state index contributed by atoms with van der Waals surface area (Å²) in [6.07, 6.45) is 70.9. The van der Waals surface area contributed by atoms with Gasteiger partial charge in [0.15, 0.2) is 13.1 Å². The first-order chi connectivity index (χ1) is 48.5. The summed E-state index contributed by atoms with van der Waals surface area (Å²) < 4.78 is 22.9. The standard InChI is InChI=1S/C47H89N2O5.C38H75N2O6.CH4.2BrH/c1-6-9-11-13-15-17-19-21-23-25-27-29-31-33-35-37-46(51)53-42-39-48(45(50)44-49(4,5)41-8-3)40-43-54-47(52)38-36-34-32-30-28-26-24-22-20-18-16-14-12-10-7-2;1-5-7-9-11-13-15-17-19-21-23-25-27-37(43)45-33-29-39(36(42)35-40(3,4)31-32-41)30-34-46-38(44)28-26-24-22-20-18-16-14-12-10-8-6-2;;;/h21-24H,6-20,25-44H2,1-5H3;41H,5-35H2,1-4H3;1H4;2*1H/q2*+1;;;/p-2/b23-21-,24-22-;;;;. The molecule has 0 aliphatic rings. The number of amides is 2. The minimum Gasteiger partial charge on any atom is -1.00 e. The molecule has 0 unspecified atom stereocenters. The summed E-state index contributed by atoms with van der Waals surface area (Å²) >= 11 is 0. The summed E-state index contributed by atoms with van der Waals surface area (Å²) in [7, 11) is 7.91. The zero-order chi connectivity index (χ0) is 73.9. The fraction of sp³-hybridized carbons (Fsp3) is 0.884. The van der Waals surface area contributed by atoms with Crippen molar-refractivity contribution < 1.29 is 95.8 Å². The van der Waals surface area contributed by atoms with Gasteiger partial charge in [-0.3, -0.25) is 28.8 Å². The Kier molecular flexibility index (Phi) is 87.8. The summed E-state index contributed by atoms with van der Waals surface area (Å²) in [4.78, 5) is 79.1. The van der Waals surface area contributed by atoms with Gasteiger partial charge in [0.2, 0.25) is 0 Å². The molecule has 0 rings (SSSR count). The summed E-state index contributed by atoms with van der Waals surface area (Å²) in [6, 6.07) is 0. The number of carbonyl (C=O) groups is 6. The molecule has 0 aromatic rings. The molecule has 0 spiro atoms. The Morgan fingerprint density at radius 2 is 0.485 bits per heavy atom. The van der Waals surface area contributed by atoms with Crippen LogP contribution < -0.4 is 34.0 Å². The molecule has 0 radical (unpaired) electrons. The molecule has 0 aliphatic heterocycles. The fourth-order valence-corrected chi connectivity index (χ4v) is 12.6. The second-order valence-corrected chi connectivity index (χ2v) is 30.2. The van der Waals surface area contributed by atoms with Crippen LogP contribution in [0.15, 0.2) is 24.3 Å². The van der Waals surface area contributed by atoms with Gasteiger partial charge in [-0.15, -0.1) is 0 Å². The zero-order valence-corrected chi connectivity index (χ0v) is 71.2. The van der Waals surface area contributed by atoms with Crippen molar-refractivity contribution in [3.63, 3.8) is 0 Å². The molecular formula is C86H168Br2N4O11. The van der Waals surface area contributed by atoms with Gasteiger partial charge in [0.1, 0.15) is 33.0 Å². The van der Waals surface area contributed by atoms with Gasteiger partial charge in [-0.25, -0.2) is 0 Å². The van der Waals surface area contributed by atoms with Crippen LogP contribution in [0, 0.1) is 0 Å². The van der Waals surface area contributed by atoms with Crippen LogP contribution in [0.5, 0.6) is 0 Å². The fourth-order valence-electron chi connectivity index (χ4n) is 12.6. The molecule has 2 amide bonds. The van der Waals surface area contributed by atoms with Crippen molar-refractivity contribution in [3.8, 4) is 0 Å². The van der Waals surface area contributed by atoms with Crippen molar-refractivity contribution in [1.29, 1.82) is 0 Å². The number of carbonyl (C=O) groups excluding carboxylic acids is 6. The van der Waals surface area contributed by atoms with E-state index in [2.05, 4.69) is 73.0 Å². The Morgan fingerprint density at radius 3 is 0.689 bits per heavy atom. The van der Waals surface area contributed by atoms with Crippen LogP contribution in [0.2, 0.25) is 0 Å². The Bertz CT molecular complexity index is 1840. The van der Waals surface area contributed by atoms with E-state index in [9.17, 15) is 33.9 Å². The molecule has 612 valence electrons. The summed E-state index contributed by atoms with van der Waals surface area (Å²) in [5, 5.41) is 9.36. The van der Waals surface area contributed by atoms with Gasteiger partial charge in [-0.2, -0.15) is 0 Å². The number of ether oxygens (including phenoxy) is 4. The number of aliphatic hydroxyl groups is 1. The van der Waals surface area contributed by atoms with Crippen LogP contribution in [0.4, 0.5) is 0 Å². The number of aliphatic hydroxyl groups excluding tert-OH is 1. The summed E-state index contributed by atoms with van der Waals surface area (Å²) in [5.74, 6) is -0.963. The van der Waals surface area contributed by atoms with E-state index in [1.165, 1.54) is 218 Å². The second-order valence-electron chi connectivity index (χ2n) is 30.2. The predicted octanol–water partition coefficient (Wildman–Crippen LogP) is 15.5. The summed E-state index contributed by atoms with van der Waals surface area (Å²) in [6.45, 7) is 14.8. The van der Waals surface area contributed by atoms with Crippen LogP contribution in [0.3, 0.4) is 0 Å². The van der Waals surface area contributed by atoms with Gasteiger partial charge in [-0.1, -0.05) is 297 Å². The molecule has 17 heteroatoms. The maximum Gasteiger partial charge on any atom is 0.305 e. The number of allylic oxidation sites excluding steroid dienone is 4. The largest absolute Gasteiger partial charge is 1.00 e. The van der Waals surface area contributed by atoms with E-state index in [1.807, 2.05) is 14.1 Å². The Labute approximate surface area is 657 Å². The number of likely N-dealkylation sites (N-methyl/N-ethyl adjacent to an activating group) is 2. The molecule has 0 saturated carbocycles. The molecule has 0 aromatic carbocycles. The molecule has 0 aliphatic carbocycles. The van der Waals surface area contributed by atoms with Gasteiger partial charge in [-0.05, 0) is 83.5 Å². The highest BCUT2D eigenvalue weighted by atomic mass is 79.9. The van der Waals surface area contributed by atoms with E-state index in [-0.39, 0.29) is 130 Å². The topological polar surface area (TPSA) is 166 Å². The van der Waals surface area contributed by atoms with E-state index in [0.717, 1.165) is 103 Å². The van der Waals surface area contributed by atoms with Crippen molar-refractivity contribution in [2.75, 3.05) is 114 Å². The molecule has 15 nitrogen and oxygen atoms in total. The monoisotopic (exact) mass is 1590 g/mol. The minimum atomic E-state index is -0.224. The van der Waals surface area contributed by atoms with Crippen LogP contribution in [0.25, 0.3) is 0 Å². The molecule has 0 bridgehead atoms. The molecule has 0 saturated heterocycles. The van der Waals surface area contributed by atoms with Crippen molar-refractivity contribution in [1.82, 2.24) is 9.80 Å². The van der Waals surface area contributed by atoms with E-state index < -0.39 is 0 Å². The van der Waals surface area contributed by atoms with Gasteiger partial charge in [0, 0.05) is 25.7 Å². The highest BCUT2D eigenvalue weighted by Gasteiger charge is 2.26. The first-order valence-electron chi connectivity index (χ1n) is 42.2. The zero-order valence-electron chi connectivity index (χ0n) is 68.1. The lowest BCUT2D eigenvalue weighted by Gasteiger charge is -2.31. The van der Waals surface area contributed by atoms with Crippen molar-refractivity contribution in [2.45, 2.75) is 382 Å². The molecule has 103 heavy (non-hydrogen) atoms. The van der Waals surface area contributed by atoms with Crippen LogP contribution >= 0.6 is 0 Å². The molecule has 0 fully saturated rings. The average Bonchev–Trinajstić information content (AvgIpc) is 0.898. The third-order valence-electron chi connectivity index (χ3n) is 19.1. The number of unbranched alkanes of at least 4 members (excludes halogenated alkanes) is 42. The third kappa shape index (κ3) is 81.5. The van der Waals surface area contributed by atoms with Gasteiger partial charge in [0.25, 0.3) is 11.8 Å². The summed E-state index contributed by atoms with van der Waals surface area (Å²) in [5.41, 5.74) is 0. The molecule has 1 N–H and O–H groups in total. The Balaban J connectivity index is -0.000000611. The lowest BCUT2D eigenvalue weighted by atomic mass is 10.1. The van der Waals surface area contributed by atoms with Gasteiger partial charge >= 0.3 is 23.9 Å². The van der Waals surface area contributed by atoms with Crippen LogP contribution in [0.1, 0.15) is 382 Å². The second kappa shape index (κ2) is 83.2. The number of hydrogen-bond acceptors (Lipinski definition) is 11. The van der Waals surface area contributed by atoms with Crippen LogP contribution in [-0.2, 0) is 47.7 Å². The van der Waals surface area contributed by atoms with Crippen molar-refractivity contribution >= 4 is 35.7 Å². The van der Waals surface area contributed by atoms with Gasteiger partial charge in [0.05, 0.1) is 67.5 Å². The average molecular weight is 1590 g/mol. The van der Waals surface area contributed by atoms with E-state index >= 15 is 0 Å². The number of nitrogens with zero attached hydrogens (tertiary/aromatic N) is 4. The van der Waals surface area contributed by atoms with Crippen LogP contribution in [-0.4, -0.2) is 173 Å². The smallest absolute Gasteiger partial charge is 0.305 e.